The Hall–Kier alpha value is -3.25. The molecule has 2 aromatic rings. The smallest absolute Gasteiger partial charge is 0.246 e. The molecule has 162 valence electrons. The number of piperazine rings is 1. The molecule has 1 fully saturated rings. The maximum atomic E-state index is 12.6. The van der Waals surface area contributed by atoms with E-state index in [1.807, 2.05) is 35.2 Å². The van der Waals surface area contributed by atoms with Gasteiger partial charge < -0.3 is 19.1 Å². The predicted molar refractivity (Wildman–Crippen MR) is 122 cm³/mol. The van der Waals surface area contributed by atoms with Crippen molar-refractivity contribution in [1.82, 2.24) is 9.80 Å². The summed E-state index contributed by atoms with van der Waals surface area (Å²) in [6.07, 6.45) is 7.75. The van der Waals surface area contributed by atoms with Gasteiger partial charge in [0.15, 0.2) is 11.5 Å². The number of hydrogen-bond donors (Lipinski definition) is 0. The zero-order chi connectivity index (χ0) is 21.5. The Morgan fingerprint density at radius 3 is 2.55 bits per heavy atom. The fourth-order valence-corrected chi connectivity index (χ4v) is 3.72. The number of rotatable bonds is 6. The first-order valence-electron chi connectivity index (χ1n) is 10.6. The summed E-state index contributed by atoms with van der Waals surface area (Å²) < 4.78 is 16.7. The van der Waals surface area contributed by atoms with Crippen LogP contribution in [0.15, 0.2) is 54.6 Å². The Labute approximate surface area is 183 Å². The number of ether oxygens (including phenoxy) is 3. The molecular weight excluding hydrogens is 392 g/mol. The fraction of sp³-hybridized carbons (Fsp3) is 0.320. The number of carbonyl (C=O) groups excluding carboxylic acids is 1. The summed E-state index contributed by atoms with van der Waals surface area (Å²) in [5.41, 5.74) is 2.05. The minimum atomic E-state index is 0.0216. The first-order chi connectivity index (χ1) is 15.2. The molecule has 6 nitrogen and oxygen atoms in total. The molecule has 2 aliphatic rings. The average molecular weight is 421 g/mol. The summed E-state index contributed by atoms with van der Waals surface area (Å²) in [6.45, 7) is 5.11. The number of benzene rings is 2. The number of fused-ring (bicyclic) bond motifs is 1. The Balaban J connectivity index is 1.29. The van der Waals surface area contributed by atoms with Crippen molar-refractivity contribution < 1.29 is 19.0 Å². The van der Waals surface area contributed by atoms with Crippen LogP contribution >= 0.6 is 0 Å². The molecule has 4 rings (SSSR count). The van der Waals surface area contributed by atoms with Gasteiger partial charge in [0, 0.05) is 38.8 Å². The van der Waals surface area contributed by atoms with Gasteiger partial charge in [0.2, 0.25) is 11.7 Å². The molecule has 2 aromatic carbocycles. The monoisotopic (exact) mass is 420 g/mol. The van der Waals surface area contributed by atoms with Crippen LogP contribution in [0.25, 0.3) is 12.2 Å². The van der Waals surface area contributed by atoms with Gasteiger partial charge >= 0.3 is 0 Å². The molecule has 0 saturated carbocycles. The number of carbonyl (C=O) groups is 1. The van der Waals surface area contributed by atoms with Crippen LogP contribution in [0.1, 0.15) is 11.1 Å². The summed E-state index contributed by atoms with van der Waals surface area (Å²) >= 11 is 0. The molecule has 1 amide bonds. The second-order valence-electron chi connectivity index (χ2n) is 7.52. The van der Waals surface area contributed by atoms with Crippen molar-refractivity contribution in [2.75, 3.05) is 53.0 Å². The minimum absolute atomic E-state index is 0.0216. The highest BCUT2D eigenvalue weighted by atomic mass is 16.6. The highest BCUT2D eigenvalue weighted by Crippen LogP contribution is 2.40. The van der Waals surface area contributed by atoms with Crippen molar-refractivity contribution in [3.8, 4) is 17.2 Å². The highest BCUT2D eigenvalue weighted by Gasteiger charge is 2.20. The number of hydrogen-bond acceptors (Lipinski definition) is 5. The third-order valence-electron chi connectivity index (χ3n) is 5.43. The Morgan fingerprint density at radius 2 is 1.77 bits per heavy atom. The molecule has 1 saturated heterocycles. The fourth-order valence-electron chi connectivity index (χ4n) is 3.72. The van der Waals surface area contributed by atoms with E-state index in [4.69, 9.17) is 14.2 Å². The molecule has 31 heavy (non-hydrogen) atoms. The van der Waals surface area contributed by atoms with Crippen LogP contribution in [-0.2, 0) is 4.79 Å². The molecule has 0 atom stereocenters. The van der Waals surface area contributed by atoms with Crippen molar-refractivity contribution in [3.63, 3.8) is 0 Å². The molecule has 0 spiro atoms. The Bertz CT molecular complexity index is 930. The third-order valence-corrected chi connectivity index (χ3v) is 5.43. The lowest BCUT2D eigenvalue weighted by atomic mass is 10.1. The van der Waals surface area contributed by atoms with Crippen molar-refractivity contribution >= 4 is 18.1 Å². The predicted octanol–water partition coefficient (Wildman–Crippen LogP) is 3.34. The van der Waals surface area contributed by atoms with E-state index in [1.165, 1.54) is 5.56 Å². The molecule has 0 N–H and O–H groups in total. The number of methoxy groups -OCH3 is 1. The number of amides is 1. The molecule has 2 aliphatic heterocycles. The quantitative estimate of drug-likeness (QED) is 0.671. The zero-order valence-electron chi connectivity index (χ0n) is 17.8. The first-order valence-corrected chi connectivity index (χ1v) is 10.6. The van der Waals surface area contributed by atoms with Crippen LogP contribution in [0, 0.1) is 0 Å². The second-order valence-corrected chi connectivity index (χ2v) is 7.52. The lowest BCUT2D eigenvalue weighted by Gasteiger charge is -2.33. The van der Waals surface area contributed by atoms with Gasteiger partial charge in [-0.1, -0.05) is 42.5 Å². The van der Waals surface area contributed by atoms with E-state index in [9.17, 15) is 4.79 Å². The maximum Gasteiger partial charge on any atom is 0.246 e. The lowest BCUT2D eigenvalue weighted by Crippen LogP contribution is -2.48. The van der Waals surface area contributed by atoms with Gasteiger partial charge in [-0.25, -0.2) is 0 Å². The Morgan fingerprint density at radius 1 is 1.00 bits per heavy atom. The van der Waals surface area contributed by atoms with E-state index in [2.05, 4.69) is 29.2 Å². The van der Waals surface area contributed by atoms with Crippen LogP contribution in [0.5, 0.6) is 17.2 Å². The molecular formula is C25H28N2O4. The van der Waals surface area contributed by atoms with Crippen molar-refractivity contribution in [2.45, 2.75) is 0 Å². The van der Waals surface area contributed by atoms with Gasteiger partial charge in [-0.3, -0.25) is 9.69 Å². The highest BCUT2D eigenvalue weighted by molar-refractivity contribution is 5.92. The van der Waals surface area contributed by atoms with Crippen LogP contribution in [0.2, 0.25) is 0 Å². The summed E-state index contributed by atoms with van der Waals surface area (Å²) in [5, 5.41) is 0. The SMILES string of the molecule is COc1cc(/C=C/C(=O)N2CCN(C/C=C/c3ccccc3)CC2)cc2c1OCCO2. The summed E-state index contributed by atoms with van der Waals surface area (Å²) in [6, 6.07) is 14.0. The van der Waals surface area contributed by atoms with Gasteiger partial charge in [0.1, 0.15) is 13.2 Å². The molecule has 0 aromatic heterocycles. The van der Waals surface area contributed by atoms with Crippen LogP contribution in [0.4, 0.5) is 0 Å². The molecule has 0 bridgehead atoms. The second kappa shape index (κ2) is 10.2. The van der Waals surface area contributed by atoms with Gasteiger partial charge in [-0.15, -0.1) is 0 Å². The van der Waals surface area contributed by atoms with E-state index >= 15 is 0 Å². The van der Waals surface area contributed by atoms with E-state index in [0.29, 0.717) is 30.5 Å². The largest absolute Gasteiger partial charge is 0.493 e. The van der Waals surface area contributed by atoms with Gasteiger partial charge in [-0.2, -0.15) is 0 Å². The maximum absolute atomic E-state index is 12.6. The van der Waals surface area contributed by atoms with Crippen LogP contribution in [-0.4, -0.2) is 68.8 Å². The van der Waals surface area contributed by atoms with E-state index in [1.54, 1.807) is 19.3 Å². The number of nitrogens with zero attached hydrogens (tertiary/aromatic N) is 2. The van der Waals surface area contributed by atoms with Gasteiger partial charge in [0.05, 0.1) is 7.11 Å². The standard InChI is InChI=1S/C25H28N2O4/c1-29-22-18-21(19-23-25(22)31-17-16-30-23)9-10-24(28)27-14-12-26(13-15-27)11-5-8-20-6-3-2-4-7-20/h2-10,18-19H,11-17H2,1H3/b8-5+,10-9+. The van der Waals surface area contributed by atoms with Crippen LogP contribution < -0.4 is 14.2 Å². The summed E-state index contributed by atoms with van der Waals surface area (Å²) in [5.74, 6) is 1.90. The van der Waals surface area contributed by atoms with E-state index < -0.39 is 0 Å². The molecule has 0 aliphatic carbocycles. The molecule has 6 heteroatoms. The molecule has 0 unspecified atom stereocenters. The average Bonchev–Trinajstić information content (AvgIpc) is 2.83. The zero-order valence-corrected chi connectivity index (χ0v) is 17.8. The van der Waals surface area contributed by atoms with Gasteiger partial charge in [-0.05, 0) is 29.3 Å². The van der Waals surface area contributed by atoms with Crippen molar-refractivity contribution in [1.29, 1.82) is 0 Å². The van der Waals surface area contributed by atoms with E-state index in [-0.39, 0.29) is 5.91 Å². The minimum Gasteiger partial charge on any atom is -0.493 e. The van der Waals surface area contributed by atoms with Crippen LogP contribution in [0.3, 0.4) is 0 Å². The normalized spacial score (nSPS) is 16.7. The Kier molecular flexibility index (Phi) is 6.89. The molecule has 0 radical (unpaired) electrons. The lowest BCUT2D eigenvalue weighted by molar-refractivity contribution is -0.127. The van der Waals surface area contributed by atoms with Crippen molar-refractivity contribution in [2.24, 2.45) is 0 Å². The summed E-state index contributed by atoms with van der Waals surface area (Å²) in [7, 11) is 1.60. The van der Waals surface area contributed by atoms with Gasteiger partial charge in [0.25, 0.3) is 0 Å². The van der Waals surface area contributed by atoms with Crippen molar-refractivity contribution in [3.05, 3.63) is 65.7 Å². The summed E-state index contributed by atoms with van der Waals surface area (Å²) in [4.78, 5) is 16.9. The molecule has 2 heterocycles. The van der Waals surface area contributed by atoms with E-state index in [0.717, 1.165) is 38.3 Å². The first kappa shape index (κ1) is 21.0. The topological polar surface area (TPSA) is 51.2 Å². The third kappa shape index (κ3) is 5.47.